The molecule has 0 radical (unpaired) electrons. The van der Waals surface area contributed by atoms with E-state index in [4.69, 9.17) is 0 Å². The molecule has 0 aromatic carbocycles. The normalized spacial score (nSPS) is 20.2. The van der Waals surface area contributed by atoms with Crippen molar-refractivity contribution in [1.29, 1.82) is 0 Å². The molecule has 0 N–H and O–H groups in total. The van der Waals surface area contributed by atoms with E-state index in [0.29, 0.717) is 19.3 Å². The van der Waals surface area contributed by atoms with Gasteiger partial charge >= 0.3 is 0 Å². The second kappa shape index (κ2) is 3.52. The van der Waals surface area contributed by atoms with Crippen LogP contribution >= 0.6 is 0 Å². The van der Waals surface area contributed by atoms with Crippen molar-refractivity contribution in [3.05, 3.63) is 11.8 Å². The van der Waals surface area contributed by atoms with Crippen LogP contribution in [0.5, 0.6) is 0 Å². The molecule has 0 aromatic rings. The summed E-state index contributed by atoms with van der Waals surface area (Å²) in [5.41, 5.74) is 0.740. The first-order chi connectivity index (χ1) is 5.66. The Balaban J connectivity index is 2.83. The van der Waals surface area contributed by atoms with E-state index < -0.39 is 0 Å². The third kappa shape index (κ3) is 1.55. The van der Waals surface area contributed by atoms with Crippen molar-refractivity contribution in [2.75, 3.05) is 0 Å². The van der Waals surface area contributed by atoms with Gasteiger partial charge in [-0.1, -0.05) is 6.08 Å². The Morgan fingerprint density at radius 3 is 2.25 bits per heavy atom. The number of carbonyl (C=O) groups excluding carboxylic acids is 2. The van der Waals surface area contributed by atoms with Crippen LogP contribution in [0.2, 0.25) is 0 Å². The molecule has 3 heteroatoms. The molecule has 66 valence electrons. The van der Waals surface area contributed by atoms with Gasteiger partial charge in [-0.25, -0.2) is 0 Å². The van der Waals surface area contributed by atoms with E-state index in [9.17, 15) is 9.59 Å². The van der Waals surface area contributed by atoms with Gasteiger partial charge in [0.1, 0.15) is 0 Å². The summed E-state index contributed by atoms with van der Waals surface area (Å²) in [5, 5.41) is 0. The molecule has 1 aliphatic heterocycles. The number of imide groups is 1. The maximum absolute atomic E-state index is 11.3. The fraction of sp³-hybridized carbons (Fsp3) is 0.556. The molecule has 0 atom stereocenters. The molecular weight excluding hydrogens is 154 g/mol. The first-order valence-corrected chi connectivity index (χ1v) is 4.15. The monoisotopic (exact) mass is 167 g/mol. The van der Waals surface area contributed by atoms with Crippen molar-refractivity contribution in [1.82, 2.24) is 4.90 Å². The molecule has 0 spiro atoms. The Morgan fingerprint density at radius 1 is 1.33 bits per heavy atom. The summed E-state index contributed by atoms with van der Waals surface area (Å²) in [5.74, 6) is -0.135. The van der Waals surface area contributed by atoms with Crippen LogP contribution < -0.4 is 0 Å². The third-order valence-corrected chi connectivity index (χ3v) is 2.05. The number of allylic oxidation sites excluding steroid dienone is 2. The van der Waals surface area contributed by atoms with Crippen molar-refractivity contribution in [3.8, 4) is 0 Å². The zero-order chi connectivity index (χ0) is 9.14. The smallest absolute Gasteiger partial charge is 0.233 e. The quantitative estimate of drug-likeness (QED) is 0.554. The van der Waals surface area contributed by atoms with Crippen LogP contribution in [0.4, 0.5) is 0 Å². The number of hydrogen-bond donors (Lipinski definition) is 0. The van der Waals surface area contributed by atoms with E-state index in [1.54, 1.807) is 13.0 Å². The number of carbonyl (C=O) groups is 2. The topological polar surface area (TPSA) is 37.4 Å². The van der Waals surface area contributed by atoms with Gasteiger partial charge in [-0.2, -0.15) is 0 Å². The lowest BCUT2D eigenvalue weighted by Gasteiger charge is -2.25. The fourth-order valence-electron chi connectivity index (χ4n) is 1.28. The first-order valence-electron chi connectivity index (χ1n) is 4.15. The predicted octanol–water partition coefficient (Wildman–Crippen LogP) is 1.45. The molecule has 0 aromatic heterocycles. The first kappa shape index (κ1) is 8.97. The molecule has 2 amide bonds. The van der Waals surface area contributed by atoms with E-state index in [-0.39, 0.29) is 11.8 Å². The number of piperidine rings is 1. The third-order valence-electron chi connectivity index (χ3n) is 2.05. The Kier molecular flexibility index (Phi) is 2.63. The van der Waals surface area contributed by atoms with Crippen LogP contribution in [0.1, 0.15) is 33.1 Å². The number of amides is 2. The second-order valence-electron chi connectivity index (χ2n) is 2.91. The minimum atomic E-state index is -0.0677. The van der Waals surface area contributed by atoms with Crippen molar-refractivity contribution < 1.29 is 9.59 Å². The summed E-state index contributed by atoms with van der Waals surface area (Å²) in [7, 11) is 0. The molecule has 1 aliphatic rings. The summed E-state index contributed by atoms with van der Waals surface area (Å²) in [4.78, 5) is 23.8. The lowest BCUT2D eigenvalue weighted by molar-refractivity contribution is -0.145. The minimum Gasteiger partial charge on any atom is -0.274 e. The van der Waals surface area contributed by atoms with Gasteiger partial charge in [0.05, 0.1) is 0 Å². The highest BCUT2D eigenvalue weighted by Gasteiger charge is 2.26. The lowest BCUT2D eigenvalue weighted by atomic mass is 10.1. The van der Waals surface area contributed by atoms with E-state index in [1.807, 2.05) is 6.92 Å². The van der Waals surface area contributed by atoms with Crippen molar-refractivity contribution in [2.24, 2.45) is 0 Å². The molecule has 0 bridgehead atoms. The molecule has 0 aliphatic carbocycles. The van der Waals surface area contributed by atoms with Crippen molar-refractivity contribution >= 4 is 11.8 Å². The Bertz CT molecular complexity index is 227. The lowest BCUT2D eigenvalue weighted by Crippen LogP contribution is -2.38. The Labute approximate surface area is 72.0 Å². The zero-order valence-electron chi connectivity index (χ0n) is 7.46. The number of hydrogen-bond acceptors (Lipinski definition) is 2. The number of likely N-dealkylation sites (tertiary alicyclic amines) is 1. The second-order valence-corrected chi connectivity index (χ2v) is 2.91. The van der Waals surface area contributed by atoms with Crippen LogP contribution in [0, 0.1) is 0 Å². The maximum atomic E-state index is 11.3. The molecule has 1 rings (SSSR count). The highest BCUT2D eigenvalue weighted by molar-refractivity contribution is 5.99. The van der Waals surface area contributed by atoms with Gasteiger partial charge in [-0.15, -0.1) is 0 Å². The van der Waals surface area contributed by atoms with Crippen molar-refractivity contribution in [2.45, 2.75) is 33.1 Å². The fourth-order valence-corrected chi connectivity index (χ4v) is 1.28. The van der Waals surface area contributed by atoms with Gasteiger partial charge in [0.2, 0.25) is 11.8 Å². The van der Waals surface area contributed by atoms with Crippen LogP contribution in [-0.4, -0.2) is 16.7 Å². The van der Waals surface area contributed by atoms with E-state index >= 15 is 0 Å². The standard InChI is InChI=1S/C9H13NO2/c1-3-7(2)10-8(11)5-4-6-9(10)12/h3H,4-6H2,1-2H3/b7-3-. The van der Waals surface area contributed by atoms with Crippen LogP contribution in [-0.2, 0) is 9.59 Å². The zero-order valence-corrected chi connectivity index (χ0v) is 7.46. The molecule has 3 nitrogen and oxygen atoms in total. The van der Waals surface area contributed by atoms with Crippen LogP contribution in [0.15, 0.2) is 11.8 Å². The average molecular weight is 167 g/mol. The number of nitrogens with zero attached hydrogens (tertiary/aromatic N) is 1. The SMILES string of the molecule is C/C=C(/C)N1C(=O)CCCC1=O. The van der Waals surface area contributed by atoms with Gasteiger partial charge in [-0.05, 0) is 20.3 Å². The molecule has 1 heterocycles. The minimum absolute atomic E-state index is 0.0677. The summed E-state index contributed by atoms with van der Waals surface area (Å²) in [6, 6.07) is 0. The molecule has 0 unspecified atom stereocenters. The van der Waals surface area contributed by atoms with E-state index in [1.165, 1.54) is 4.90 Å². The van der Waals surface area contributed by atoms with Gasteiger partial charge in [0.25, 0.3) is 0 Å². The highest BCUT2D eigenvalue weighted by atomic mass is 16.2. The Morgan fingerprint density at radius 2 is 1.83 bits per heavy atom. The van der Waals surface area contributed by atoms with E-state index in [0.717, 1.165) is 5.70 Å². The largest absolute Gasteiger partial charge is 0.274 e. The Hall–Kier alpha value is -1.12. The summed E-state index contributed by atoms with van der Waals surface area (Å²) in [6.07, 6.45) is 3.47. The predicted molar refractivity (Wildman–Crippen MR) is 45.1 cm³/mol. The summed E-state index contributed by atoms with van der Waals surface area (Å²) < 4.78 is 0. The molecular formula is C9H13NO2. The summed E-state index contributed by atoms with van der Waals surface area (Å²) in [6.45, 7) is 3.60. The molecule has 1 fully saturated rings. The van der Waals surface area contributed by atoms with Crippen LogP contribution in [0.25, 0.3) is 0 Å². The van der Waals surface area contributed by atoms with Gasteiger partial charge in [0.15, 0.2) is 0 Å². The number of rotatable bonds is 1. The van der Waals surface area contributed by atoms with Gasteiger partial charge in [-0.3, -0.25) is 14.5 Å². The van der Waals surface area contributed by atoms with E-state index in [2.05, 4.69) is 0 Å². The highest BCUT2D eigenvalue weighted by Crippen LogP contribution is 2.16. The maximum Gasteiger partial charge on any atom is 0.233 e. The van der Waals surface area contributed by atoms with Crippen molar-refractivity contribution in [3.63, 3.8) is 0 Å². The van der Waals surface area contributed by atoms with Gasteiger partial charge < -0.3 is 0 Å². The van der Waals surface area contributed by atoms with Crippen LogP contribution in [0.3, 0.4) is 0 Å². The van der Waals surface area contributed by atoms with Gasteiger partial charge in [0, 0.05) is 18.5 Å². The molecule has 1 saturated heterocycles. The average Bonchev–Trinajstić information content (AvgIpc) is 2.03. The molecule has 0 saturated carbocycles. The molecule has 12 heavy (non-hydrogen) atoms. The summed E-state index contributed by atoms with van der Waals surface area (Å²) >= 11 is 0.